The smallest absolute Gasteiger partial charge is 0.335 e. The van der Waals surface area contributed by atoms with Crippen molar-refractivity contribution in [2.45, 2.75) is 25.8 Å². The molecule has 1 aromatic rings. The predicted molar refractivity (Wildman–Crippen MR) is 77.1 cm³/mol. The Morgan fingerprint density at radius 3 is 2.79 bits per heavy atom. The number of likely N-dealkylation sites (N-methyl/N-ethyl adjacent to an activating group) is 2. The Morgan fingerprint density at radius 1 is 1.47 bits per heavy atom. The number of carbonyl (C=O) groups is 1. The van der Waals surface area contributed by atoms with Gasteiger partial charge >= 0.3 is 5.97 Å². The molecular formula is C15H22N2O2. The first-order valence-electron chi connectivity index (χ1n) is 6.74. The van der Waals surface area contributed by atoms with Crippen molar-refractivity contribution in [2.75, 3.05) is 32.1 Å². The number of hydrogen-bond donors (Lipinski definition) is 1. The van der Waals surface area contributed by atoms with Crippen molar-refractivity contribution in [3.05, 3.63) is 29.3 Å². The normalized spacial score (nSPS) is 20.3. The molecule has 104 valence electrons. The molecule has 1 N–H and O–H groups in total. The van der Waals surface area contributed by atoms with Crippen LogP contribution in [0.1, 0.15) is 28.8 Å². The molecule has 4 nitrogen and oxygen atoms in total. The molecule has 2 rings (SSSR count). The summed E-state index contributed by atoms with van der Waals surface area (Å²) in [5.74, 6) is -0.857. The maximum atomic E-state index is 11.0. The molecule has 1 aliphatic heterocycles. The summed E-state index contributed by atoms with van der Waals surface area (Å²) >= 11 is 0. The number of piperidine rings is 1. The quantitative estimate of drug-likeness (QED) is 0.907. The molecule has 1 saturated heterocycles. The average molecular weight is 262 g/mol. The molecule has 19 heavy (non-hydrogen) atoms. The Balaban J connectivity index is 2.17. The molecule has 0 aromatic heterocycles. The summed E-state index contributed by atoms with van der Waals surface area (Å²) in [5, 5.41) is 9.06. The second-order valence-electron chi connectivity index (χ2n) is 5.47. The van der Waals surface area contributed by atoms with Crippen molar-refractivity contribution in [3.8, 4) is 0 Å². The molecule has 0 radical (unpaired) electrons. The van der Waals surface area contributed by atoms with Crippen molar-refractivity contribution in [3.63, 3.8) is 0 Å². The zero-order valence-corrected chi connectivity index (χ0v) is 11.9. The van der Waals surface area contributed by atoms with Crippen LogP contribution in [0.2, 0.25) is 0 Å². The lowest BCUT2D eigenvalue weighted by atomic mass is 10.0. The van der Waals surface area contributed by atoms with Gasteiger partial charge in [0, 0.05) is 25.3 Å². The van der Waals surface area contributed by atoms with E-state index in [9.17, 15) is 4.79 Å². The molecule has 1 fully saturated rings. The van der Waals surface area contributed by atoms with Gasteiger partial charge in [-0.05, 0) is 57.1 Å². The van der Waals surface area contributed by atoms with Crippen LogP contribution in [-0.2, 0) is 0 Å². The van der Waals surface area contributed by atoms with E-state index in [2.05, 4.69) is 23.9 Å². The van der Waals surface area contributed by atoms with Crippen LogP contribution in [0.5, 0.6) is 0 Å². The van der Waals surface area contributed by atoms with Gasteiger partial charge < -0.3 is 14.9 Å². The van der Waals surface area contributed by atoms with E-state index in [0.717, 1.165) is 17.8 Å². The van der Waals surface area contributed by atoms with Crippen molar-refractivity contribution in [1.82, 2.24) is 4.90 Å². The minimum atomic E-state index is -0.857. The average Bonchev–Trinajstić information content (AvgIpc) is 2.37. The standard InChI is InChI=1S/C15H22N2O2/c1-11-9-12(6-7-14(11)15(18)19)17(3)13-5-4-8-16(2)10-13/h6-7,9,13H,4-5,8,10H2,1-3H3,(H,18,19). The lowest BCUT2D eigenvalue weighted by molar-refractivity contribution is 0.0696. The van der Waals surface area contributed by atoms with Gasteiger partial charge in [0.15, 0.2) is 0 Å². The number of hydrogen-bond acceptors (Lipinski definition) is 3. The lowest BCUT2D eigenvalue weighted by Gasteiger charge is -2.37. The molecule has 1 aliphatic rings. The first-order chi connectivity index (χ1) is 8.99. The summed E-state index contributed by atoms with van der Waals surface area (Å²) in [7, 11) is 4.25. The number of likely N-dealkylation sites (tertiary alicyclic amines) is 1. The van der Waals surface area contributed by atoms with Crippen LogP contribution in [0.25, 0.3) is 0 Å². The maximum Gasteiger partial charge on any atom is 0.335 e. The zero-order valence-electron chi connectivity index (χ0n) is 11.9. The van der Waals surface area contributed by atoms with Crippen molar-refractivity contribution < 1.29 is 9.90 Å². The second kappa shape index (κ2) is 5.61. The number of anilines is 1. The topological polar surface area (TPSA) is 43.8 Å². The monoisotopic (exact) mass is 262 g/mol. The Hall–Kier alpha value is -1.55. The minimum Gasteiger partial charge on any atom is -0.478 e. The Kier molecular flexibility index (Phi) is 4.10. The number of rotatable bonds is 3. The van der Waals surface area contributed by atoms with Crippen LogP contribution in [0.4, 0.5) is 5.69 Å². The first-order valence-corrected chi connectivity index (χ1v) is 6.74. The summed E-state index contributed by atoms with van der Waals surface area (Å²) < 4.78 is 0. The molecule has 4 heteroatoms. The van der Waals surface area contributed by atoms with Crippen molar-refractivity contribution in [2.24, 2.45) is 0 Å². The summed E-state index contributed by atoms with van der Waals surface area (Å²) in [4.78, 5) is 15.6. The molecule has 1 heterocycles. The van der Waals surface area contributed by atoms with Gasteiger partial charge in [-0.1, -0.05) is 0 Å². The van der Waals surface area contributed by atoms with E-state index in [1.54, 1.807) is 6.07 Å². The maximum absolute atomic E-state index is 11.0. The number of aryl methyl sites for hydroxylation is 1. The molecule has 1 aromatic carbocycles. The largest absolute Gasteiger partial charge is 0.478 e. The summed E-state index contributed by atoms with van der Waals surface area (Å²) in [6.07, 6.45) is 2.41. The molecule has 0 saturated carbocycles. The zero-order chi connectivity index (χ0) is 14.0. The van der Waals surface area contributed by atoms with Crippen LogP contribution in [0, 0.1) is 6.92 Å². The Morgan fingerprint density at radius 2 is 2.21 bits per heavy atom. The minimum absolute atomic E-state index is 0.387. The van der Waals surface area contributed by atoms with Crippen LogP contribution < -0.4 is 4.90 Å². The Labute approximate surface area is 114 Å². The van der Waals surface area contributed by atoms with E-state index in [1.807, 2.05) is 19.1 Å². The number of aromatic carboxylic acids is 1. The summed E-state index contributed by atoms with van der Waals surface area (Å²) in [6.45, 7) is 4.09. The molecule has 0 spiro atoms. The first kappa shape index (κ1) is 13.9. The molecule has 0 aliphatic carbocycles. The van der Waals surface area contributed by atoms with Gasteiger partial charge in [-0.2, -0.15) is 0 Å². The highest BCUT2D eigenvalue weighted by Crippen LogP contribution is 2.23. The third-order valence-corrected chi connectivity index (χ3v) is 3.99. The van der Waals surface area contributed by atoms with Gasteiger partial charge in [-0.25, -0.2) is 4.79 Å². The van der Waals surface area contributed by atoms with E-state index >= 15 is 0 Å². The van der Waals surface area contributed by atoms with E-state index in [0.29, 0.717) is 11.6 Å². The fraction of sp³-hybridized carbons (Fsp3) is 0.533. The van der Waals surface area contributed by atoms with Gasteiger partial charge in [0.05, 0.1) is 5.56 Å². The van der Waals surface area contributed by atoms with Crippen LogP contribution in [0.3, 0.4) is 0 Å². The highest BCUT2D eigenvalue weighted by Gasteiger charge is 2.21. The van der Waals surface area contributed by atoms with Gasteiger partial charge in [0.2, 0.25) is 0 Å². The van der Waals surface area contributed by atoms with E-state index < -0.39 is 5.97 Å². The highest BCUT2D eigenvalue weighted by atomic mass is 16.4. The molecule has 1 atom stereocenters. The molecule has 0 amide bonds. The molecule has 1 unspecified atom stereocenters. The van der Waals surface area contributed by atoms with E-state index in [1.165, 1.54) is 19.4 Å². The van der Waals surface area contributed by atoms with Crippen molar-refractivity contribution >= 4 is 11.7 Å². The Bertz CT molecular complexity index is 473. The van der Waals surface area contributed by atoms with Gasteiger partial charge in [-0.3, -0.25) is 0 Å². The van der Waals surface area contributed by atoms with Gasteiger partial charge in [0.25, 0.3) is 0 Å². The number of benzene rings is 1. The highest BCUT2D eigenvalue weighted by molar-refractivity contribution is 5.89. The fourth-order valence-corrected chi connectivity index (χ4v) is 2.77. The second-order valence-corrected chi connectivity index (χ2v) is 5.47. The lowest BCUT2D eigenvalue weighted by Crippen LogP contribution is -2.45. The van der Waals surface area contributed by atoms with E-state index in [-0.39, 0.29) is 0 Å². The predicted octanol–water partition coefficient (Wildman–Crippen LogP) is 2.22. The number of carboxylic acids is 1. The number of carboxylic acid groups (broad SMARTS) is 1. The molecule has 0 bridgehead atoms. The number of nitrogens with zero attached hydrogens (tertiary/aromatic N) is 2. The van der Waals surface area contributed by atoms with Gasteiger partial charge in [-0.15, -0.1) is 0 Å². The van der Waals surface area contributed by atoms with E-state index in [4.69, 9.17) is 5.11 Å². The third-order valence-electron chi connectivity index (χ3n) is 3.99. The van der Waals surface area contributed by atoms with Crippen LogP contribution >= 0.6 is 0 Å². The fourth-order valence-electron chi connectivity index (χ4n) is 2.77. The molecular weight excluding hydrogens is 240 g/mol. The van der Waals surface area contributed by atoms with Gasteiger partial charge in [0.1, 0.15) is 0 Å². The SMILES string of the molecule is Cc1cc(N(C)C2CCCN(C)C2)ccc1C(=O)O. The third kappa shape index (κ3) is 3.07. The summed E-state index contributed by atoms with van der Waals surface area (Å²) in [6, 6.07) is 6.09. The van der Waals surface area contributed by atoms with Crippen LogP contribution in [0.15, 0.2) is 18.2 Å². The summed E-state index contributed by atoms with van der Waals surface area (Å²) in [5.41, 5.74) is 2.31. The van der Waals surface area contributed by atoms with Crippen molar-refractivity contribution in [1.29, 1.82) is 0 Å². The van der Waals surface area contributed by atoms with Crippen LogP contribution in [-0.4, -0.2) is 49.2 Å².